The van der Waals surface area contributed by atoms with Gasteiger partial charge in [-0.25, -0.2) is 9.37 Å². The van der Waals surface area contributed by atoms with Gasteiger partial charge in [-0.3, -0.25) is 28.8 Å². The molecule has 4 N–H and O–H groups in total. The van der Waals surface area contributed by atoms with Crippen LogP contribution in [-0.4, -0.2) is 102 Å². The van der Waals surface area contributed by atoms with Crippen LogP contribution in [0.5, 0.6) is 5.75 Å². The van der Waals surface area contributed by atoms with E-state index in [2.05, 4.69) is 26.3 Å². The number of nitrogens with one attached hydrogen (secondary N) is 4. The van der Waals surface area contributed by atoms with Crippen LogP contribution in [0.3, 0.4) is 0 Å². The van der Waals surface area contributed by atoms with Gasteiger partial charge in [0.15, 0.2) is 0 Å². The minimum atomic E-state index is -1.05. The van der Waals surface area contributed by atoms with E-state index in [1.165, 1.54) is 49.3 Å². The molecule has 2 heterocycles. The maximum absolute atomic E-state index is 14.4. The number of nitrogens with zero attached hydrogens (tertiary/aromatic N) is 3. The molecule has 0 radical (unpaired) electrons. The maximum atomic E-state index is 14.4. The molecule has 0 saturated carbocycles. The third-order valence-corrected chi connectivity index (χ3v) is 9.44. The Morgan fingerprint density at radius 1 is 0.962 bits per heavy atom. The number of thiazole rings is 1. The minimum absolute atomic E-state index is 0.0152. The van der Waals surface area contributed by atoms with Crippen LogP contribution < -0.4 is 26.0 Å². The van der Waals surface area contributed by atoms with Gasteiger partial charge in [-0.2, -0.15) is 0 Å². The average Bonchev–Trinajstić information content (AvgIpc) is 3.61. The van der Waals surface area contributed by atoms with Gasteiger partial charge in [0.2, 0.25) is 23.6 Å². The number of fused-ring (bicyclic) bond motifs is 2. The van der Waals surface area contributed by atoms with Gasteiger partial charge in [0.1, 0.15) is 40.4 Å². The molecular formula is C36H44FN7O7S. The molecule has 3 aromatic rings. The van der Waals surface area contributed by atoms with Crippen molar-refractivity contribution in [3.63, 3.8) is 0 Å². The first-order valence-electron chi connectivity index (χ1n) is 16.8. The molecule has 16 heteroatoms. The zero-order valence-electron chi connectivity index (χ0n) is 29.9. The second kappa shape index (κ2) is 17.7. The Morgan fingerprint density at radius 3 is 2.35 bits per heavy atom. The topological polar surface area (TPSA) is 179 Å². The summed E-state index contributed by atoms with van der Waals surface area (Å²) in [5, 5.41) is 12.7. The van der Waals surface area contributed by atoms with Gasteiger partial charge < -0.3 is 35.8 Å². The molecule has 0 fully saturated rings. The molecule has 0 spiro atoms. The van der Waals surface area contributed by atoms with Crippen LogP contribution in [0.2, 0.25) is 0 Å². The van der Waals surface area contributed by atoms with Crippen LogP contribution in [-0.2, 0) is 25.6 Å². The molecule has 1 aromatic heterocycles. The molecule has 1 aliphatic rings. The fourth-order valence-corrected chi connectivity index (χ4v) is 6.36. The Bertz CT molecular complexity index is 1790. The van der Waals surface area contributed by atoms with Crippen molar-refractivity contribution in [2.24, 2.45) is 5.92 Å². The molecule has 52 heavy (non-hydrogen) atoms. The number of amides is 6. The first-order chi connectivity index (χ1) is 24.7. The smallest absolute Gasteiger partial charge is 0.271 e. The van der Waals surface area contributed by atoms with Gasteiger partial charge in [0.05, 0.1) is 25.3 Å². The summed E-state index contributed by atoms with van der Waals surface area (Å²) >= 11 is 1.13. The second-order valence-corrected chi connectivity index (χ2v) is 13.8. The van der Waals surface area contributed by atoms with E-state index in [0.717, 1.165) is 29.0 Å². The van der Waals surface area contributed by atoms with E-state index < -0.39 is 72.0 Å². The van der Waals surface area contributed by atoms with Gasteiger partial charge in [-0.05, 0) is 49.9 Å². The molecule has 14 nitrogen and oxygen atoms in total. The quantitative estimate of drug-likeness (QED) is 0.308. The lowest BCUT2D eigenvalue weighted by atomic mass is 10.0. The van der Waals surface area contributed by atoms with Crippen LogP contribution in [0.4, 0.5) is 4.39 Å². The lowest BCUT2D eigenvalue weighted by molar-refractivity contribution is -0.136. The van der Waals surface area contributed by atoms with Gasteiger partial charge in [0.25, 0.3) is 11.8 Å². The van der Waals surface area contributed by atoms with Crippen molar-refractivity contribution in [3.8, 4) is 5.75 Å². The largest absolute Gasteiger partial charge is 0.496 e. The molecule has 6 amide bonds. The summed E-state index contributed by atoms with van der Waals surface area (Å²) in [5.74, 6) is -4.65. The molecule has 1 aliphatic heterocycles. The fraction of sp³-hybridized carbons (Fsp3) is 0.417. The van der Waals surface area contributed by atoms with Crippen molar-refractivity contribution in [1.82, 2.24) is 36.1 Å². The monoisotopic (exact) mass is 737 g/mol. The van der Waals surface area contributed by atoms with E-state index in [9.17, 15) is 33.2 Å². The van der Waals surface area contributed by atoms with Gasteiger partial charge in [-0.1, -0.05) is 44.2 Å². The van der Waals surface area contributed by atoms with Crippen LogP contribution in [0.1, 0.15) is 65.2 Å². The fourth-order valence-electron chi connectivity index (χ4n) is 5.51. The number of aromatic nitrogens is 1. The first-order valence-corrected chi connectivity index (χ1v) is 17.6. The molecule has 2 bridgehead atoms. The van der Waals surface area contributed by atoms with Crippen LogP contribution in [0.15, 0.2) is 53.9 Å². The number of benzene rings is 2. The number of hydrogen-bond donors (Lipinski definition) is 4. The van der Waals surface area contributed by atoms with E-state index in [0.29, 0.717) is 11.4 Å². The summed E-state index contributed by atoms with van der Waals surface area (Å²) in [4.78, 5) is 87.7. The zero-order valence-corrected chi connectivity index (χ0v) is 30.7. The van der Waals surface area contributed by atoms with Crippen molar-refractivity contribution >= 4 is 46.8 Å². The number of likely N-dealkylation sites (N-methyl/N-ethyl adjacent to an activating group) is 1. The highest BCUT2D eigenvalue weighted by atomic mass is 32.1. The molecule has 2 aromatic carbocycles. The van der Waals surface area contributed by atoms with Crippen LogP contribution >= 0.6 is 11.3 Å². The van der Waals surface area contributed by atoms with E-state index in [4.69, 9.17) is 4.74 Å². The van der Waals surface area contributed by atoms with E-state index in [-0.39, 0.29) is 36.0 Å². The SMILES string of the molecule is COc1ccc(F)cc1C(=O)N1CCN(C)C(=O)[C@@H](C)NC(=O)[C@H](C(C)C)NC(=O)[C@H](C)NC(=O)c2csc(n2)[C@H](Cc2ccccc2)NC(=O)C1. The Balaban J connectivity index is 1.72. The molecular weight excluding hydrogens is 694 g/mol. The summed E-state index contributed by atoms with van der Waals surface area (Å²) in [5.41, 5.74) is 0.753. The number of hydrogen-bond acceptors (Lipinski definition) is 9. The van der Waals surface area contributed by atoms with E-state index >= 15 is 0 Å². The summed E-state index contributed by atoms with van der Waals surface area (Å²) in [6.45, 7) is 5.71. The lowest BCUT2D eigenvalue weighted by Crippen LogP contribution is -2.57. The number of rotatable bonds is 5. The minimum Gasteiger partial charge on any atom is -0.496 e. The van der Waals surface area contributed by atoms with Crippen molar-refractivity contribution in [1.29, 1.82) is 0 Å². The number of ether oxygens (including phenoxy) is 1. The Labute approximate surface area is 305 Å². The average molecular weight is 738 g/mol. The molecule has 0 unspecified atom stereocenters. The number of carbonyl (C=O) groups is 6. The maximum Gasteiger partial charge on any atom is 0.271 e. The predicted molar refractivity (Wildman–Crippen MR) is 191 cm³/mol. The van der Waals surface area contributed by atoms with Gasteiger partial charge >= 0.3 is 0 Å². The summed E-state index contributed by atoms with van der Waals surface area (Å²) in [6, 6.07) is 8.89. The third kappa shape index (κ3) is 10.1. The Hall–Kier alpha value is -5.38. The normalized spacial score (nSPS) is 21.4. The molecule has 278 valence electrons. The summed E-state index contributed by atoms with van der Waals surface area (Å²) in [6.07, 6.45) is 0.290. The highest BCUT2D eigenvalue weighted by Crippen LogP contribution is 2.24. The molecule has 0 saturated heterocycles. The number of carbonyl (C=O) groups excluding carboxylic acids is 6. The Kier molecular flexibility index (Phi) is 13.4. The number of halogens is 1. The lowest BCUT2D eigenvalue weighted by Gasteiger charge is -2.29. The summed E-state index contributed by atoms with van der Waals surface area (Å²) in [7, 11) is 2.81. The first kappa shape index (κ1) is 39.4. The van der Waals surface area contributed by atoms with Gasteiger partial charge in [0, 0.05) is 25.5 Å². The van der Waals surface area contributed by atoms with Crippen LogP contribution in [0.25, 0.3) is 0 Å². The van der Waals surface area contributed by atoms with Crippen molar-refractivity contribution in [3.05, 3.63) is 81.6 Å². The molecule has 4 rings (SSSR count). The molecule has 4 atom stereocenters. The zero-order chi connectivity index (χ0) is 38.1. The van der Waals surface area contributed by atoms with Gasteiger partial charge in [-0.15, -0.1) is 11.3 Å². The van der Waals surface area contributed by atoms with Crippen molar-refractivity contribution in [2.45, 2.75) is 58.3 Å². The highest BCUT2D eigenvalue weighted by molar-refractivity contribution is 7.09. The van der Waals surface area contributed by atoms with Crippen molar-refractivity contribution < 1.29 is 37.9 Å². The summed E-state index contributed by atoms with van der Waals surface area (Å²) < 4.78 is 19.7. The van der Waals surface area contributed by atoms with Crippen LogP contribution in [0, 0.1) is 11.7 Å². The highest BCUT2D eigenvalue weighted by Gasteiger charge is 2.31. The van der Waals surface area contributed by atoms with E-state index in [1.807, 2.05) is 30.3 Å². The Morgan fingerprint density at radius 2 is 1.67 bits per heavy atom. The third-order valence-electron chi connectivity index (χ3n) is 8.48. The van der Waals surface area contributed by atoms with E-state index in [1.54, 1.807) is 13.8 Å². The number of methoxy groups -OCH3 is 1. The van der Waals surface area contributed by atoms with Crippen molar-refractivity contribution in [2.75, 3.05) is 33.8 Å². The standard InChI is InChI=1S/C36H44FN7O7S/c1-20(2)30-33(48)39-22(4)35(49)43(5)14-15-44(36(50)25-17-24(37)12-13-28(25)51-6)18-29(45)40-26(16-23-10-8-7-9-11-23)34-41-27(19-52-34)32(47)38-21(3)31(46)42-30/h7-13,17,19-22,26,30H,14-16,18H2,1-6H3,(H,38,47)(H,39,48)(H,40,45)(H,42,46)/t21-,22+,26-,30-/m0/s1. The second-order valence-electron chi connectivity index (χ2n) is 12.9. The predicted octanol–water partition coefficient (Wildman–Crippen LogP) is 2.07. The molecule has 0 aliphatic carbocycles.